The van der Waals surface area contributed by atoms with Crippen LogP contribution >= 0.6 is 0 Å². The lowest BCUT2D eigenvalue weighted by Gasteiger charge is -2.21. The van der Waals surface area contributed by atoms with Crippen molar-refractivity contribution in [1.82, 2.24) is 24.9 Å². The molecule has 0 spiro atoms. The summed E-state index contributed by atoms with van der Waals surface area (Å²) in [4.78, 5) is 0. The summed E-state index contributed by atoms with van der Waals surface area (Å²) in [5.74, 6) is 0. The lowest BCUT2D eigenvalue weighted by atomic mass is 10.1. The fourth-order valence-corrected chi connectivity index (χ4v) is 2.37. The molecule has 114 valence electrons. The molecule has 5 heteroatoms. The van der Waals surface area contributed by atoms with Gasteiger partial charge in [-0.15, -0.1) is 0 Å². The Labute approximate surface area is 130 Å². The van der Waals surface area contributed by atoms with E-state index in [1.807, 2.05) is 64.4 Å². The summed E-state index contributed by atoms with van der Waals surface area (Å²) in [6, 6.07) is 12.7. The largest absolute Gasteiger partial charge is 0.308 e. The van der Waals surface area contributed by atoms with E-state index in [0.717, 1.165) is 12.2 Å². The summed E-state index contributed by atoms with van der Waals surface area (Å²) in [6.07, 6.45) is 7.78. The summed E-state index contributed by atoms with van der Waals surface area (Å²) in [5, 5.41) is 12.3. The van der Waals surface area contributed by atoms with Crippen molar-refractivity contribution in [2.24, 2.45) is 0 Å². The number of hydrogen-bond donors (Lipinski definition) is 1. The van der Waals surface area contributed by atoms with Crippen LogP contribution in [-0.2, 0) is 6.54 Å². The Hall–Kier alpha value is -2.40. The molecule has 3 aromatic rings. The SMILES string of the molecule is C[C@H]([C@@H](C)NCc1cnn(-c2ccccc2)c1)n1cccn1. The van der Waals surface area contributed by atoms with Crippen LogP contribution in [0.1, 0.15) is 25.5 Å². The molecule has 0 aliphatic carbocycles. The fourth-order valence-electron chi connectivity index (χ4n) is 2.37. The second kappa shape index (κ2) is 6.58. The van der Waals surface area contributed by atoms with Gasteiger partial charge in [-0.05, 0) is 32.0 Å². The van der Waals surface area contributed by atoms with E-state index in [0.29, 0.717) is 12.1 Å². The van der Waals surface area contributed by atoms with Crippen molar-refractivity contribution in [3.63, 3.8) is 0 Å². The van der Waals surface area contributed by atoms with Crippen LogP contribution in [-0.4, -0.2) is 25.6 Å². The minimum Gasteiger partial charge on any atom is -0.308 e. The molecular weight excluding hydrogens is 274 g/mol. The number of para-hydroxylation sites is 1. The molecule has 22 heavy (non-hydrogen) atoms. The molecule has 0 amide bonds. The zero-order chi connectivity index (χ0) is 15.4. The molecule has 0 aliphatic rings. The van der Waals surface area contributed by atoms with Crippen LogP contribution in [0.3, 0.4) is 0 Å². The number of benzene rings is 1. The van der Waals surface area contributed by atoms with E-state index in [4.69, 9.17) is 0 Å². The average Bonchev–Trinajstić information content (AvgIpc) is 3.24. The molecule has 3 rings (SSSR count). The highest BCUT2D eigenvalue weighted by molar-refractivity contribution is 5.30. The molecule has 0 unspecified atom stereocenters. The minimum absolute atomic E-state index is 0.305. The van der Waals surface area contributed by atoms with Gasteiger partial charge in [-0.2, -0.15) is 10.2 Å². The predicted octanol–water partition coefficient (Wildman–Crippen LogP) is 2.81. The van der Waals surface area contributed by atoms with Gasteiger partial charge in [-0.25, -0.2) is 4.68 Å². The van der Waals surface area contributed by atoms with Gasteiger partial charge >= 0.3 is 0 Å². The third-order valence-corrected chi connectivity index (χ3v) is 3.95. The Morgan fingerprint density at radius 1 is 1.09 bits per heavy atom. The van der Waals surface area contributed by atoms with Gasteiger partial charge in [-0.1, -0.05) is 18.2 Å². The smallest absolute Gasteiger partial charge is 0.0645 e. The molecule has 0 radical (unpaired) electrons. The van der Waals surface area contributed by atoms with Gasteiger partial charge in [0, 0.05) is 36.7 Å². The van der Waals surface area contributed by atoms with Crippen molar-refractivity contribution in [1.29, 1.82) is 0 Å². The predicted molar refractivity (Wildman–Crippen MR) is 86.8 cm³/mol. The molecule has 0 fully saturated rings. The second-order valence-corrected chi connectivity index (χ2v) is 5.52. The molecule has 1 N–H and O–H groups in total. The molecule has 0 saturated carbocycles. The molecule has 0 bridgehead atoms. The van der Waals surface area contributed by atoms with Crippen molar-refractivity contribution in [2.75, 3.05) is 0 Å². The summed E-state index contributed by atoms with van der Waals surface area (Å²) in [6.45, 7) is 5.13. The van der Waals surface area contributed by atoms with E-state index in [-0.39, 0.29) is 0 Å². The third-order valence-electron chi connectivity index (χ3n) is 3.95. The first-order valence-corrected chi connectivity index (χ1v) is 7.55. The van der Waals surface area contributed by atoms with Crippen LogP contribution in [0.25, 0.3) is 5.69 Å². The van der Waals surface area contributed by atoms with Gasteiger partial charge < -0.3 is 5.32 Å². The highest BCUT2D eigenvalue weighted by atomic mass is 15.3. The van der Waals surface area contributed by atoms with E-state index in [1.54, 1.807) is 0 Å². The van der Waals surface area contributed by atoms with Crippen LogP contribution in [0.4, 0.5) is 0 Å². The van der Waals surface area contributed by atoms with Gasteiger partial charge in [0.2, 0.25) is 0 Å². The Kier molecular flexibility index (Phi) is 4.34. The minimum atomic E-state index is 0.305. The number of hydrogen-bond acceptors (Lipinski definition) is 3. The van der Waals surface area contributed by atoms with E-state index in [2.05, 4.69) is 35.6 Å². The molecular formula is C17H21N5. The van der Waals surface area contributed by atoms with Crippen molar-refractivity contribution < 1.29 is 0 Å². The monoisotopic (exact) mass is 295 g/mol. The fraction of sp³-hybridized carbons (Fsp3) is 0.294. The first-order valence-electron chi connectivity index (χ1n) is 7.55. The van der Waals surface area contributed by atoms with Gasteiger partial charge in [0.25, 0.3) is 0 Å². The summed E-state index contributed by atoms with van der Waals surface area (Å²) < 4.78 is 3.88. The van der Waals surface area contributed by atoms with E-state index < -0.39 is 0 Å². The summed E-state index contributed by atoms with van der Waals surface area (Å²) >= 11 is 0. The maximum Gasteiger partial charge on any atom is 0.0645 e. The Morgan fingerprint density at radius 3 is 2.64 bits per heavy atom. The molecule has 0 saturated heterocycles. The number of nitrogens with one attached hydrogen (secondary N) is 1. The molecule has 5 nitrogen and oxygen atoms in total. The number of rotatable bonds is 6. The van der Waals surface area contributed by atoms with E-state index in [1.165, 1.54) is 5.56 Å². The maximum absolute atomic E-state index is 4.42. The summed E-state index contributed by atoms with van der Waals surface area (Å²) in [5.41, 5.74) is 2.25. The van der Waals surface area contributed by atoms with Gasteiger partial charge in [0.05, 0.1) is 17.9 Å². The van der Waals surface area contributed by atoms with E-state index >= 15 is 0 Å². The lowest BCUT2D eigenvalue weighted by Crippen LogP contribution is -2.33. The highest BCUT2D eigenvalue weighted by Gasteiger charge is 2.13. The Balaban J connectivity index is 1.59. The van der Waals surface area contributed by atoms with Crippen LogP contribution < -0.4 is 5.32 Å². The number of aromatic nitrogens is 4. The average molecular weight is 295 g/mol. The first kappa shape index (κ1) is 14.5. The van der Waals surface area contributed by atoms with Crippen molar-refractivity contribution in [2.45, 2.75) is 32.5 Å². The van der Waals surface area contributed by atoms with Crippen molar-refractivity contribution >= 4 is 0 Å². The zero-order valence-electron chi connectivity index (χ0n) is 12.9. The molecule has 0 aliphatic heterocycles. The standard InChI is InChI=1S/C17H21N5/c1-14(15(2)21-10-6-9-19-21)18-11-16-12-20-22(13-16)17-7-4-3-5-8-17/h3-10,12-15,18H,11H2,1-2H3/t14-,15-/m1/s1. The molecule has 2 aromatic heterocycles. The van der Waals surface area contributed by atoms with Crippen LogP contribution in [0.15, 0.2) is 61.2 Å². The quantitative estimate of drug-likeness (QED) is 0.760. The normalized spacial score (nSPS) is 13.9. The molecule has 2 atom stereocenters. The Bertz CT molecular complexity index is 687. The first-order chi connectivity index (χ1) is 10.7. The molecule has 1 aromatic carbocycles. The Morgan fingerprint density at radius 2 is 1.91 bits per heavy atom. The van der Waals surface area contributed by atoms with Crippen LogP contribution in [0, 0.1) is 0 Å². The van der Waals surface area contributed by atoms with Crippen molar-refractivity contribution in [3.8, 4) is 5.69 Å². The van der Waals surface area contributed by atoms with Crippen LogP contribution in [0.5, 0.6) is 0 Å². The van der Waals surface area contributed by atoms with Gasteiger partial charge in [0.15, 0.2) is 0 Å². The van der Waals surface area contributed by atoms with Gasteiger partial charge in [-0.3, -0.25) is 4.68 Å². The van der Waals surface area contributed by atoms with Gasteiger partial charge in [0.1, 0.15) is 0 Å². The number of nitrogens with zero attached hydrogens (tertiary/aromatic N) is 4. The zero-order valence-corrected chi connectivity index (χ0v) is 12.9. The second-order valence-electron chi connectivity index (χ2n) is 5.52. The van der Waals surface area contributed by atoms with E-state index in [9.17, 15) is 0 Å². The third kappa shape index (κ3) is 3.26. The highest BCUT2D eigenvalue weighted by Crippen LogP contribution is 2.11. The lowest BCUT2D eigenvalue weighted by molar-refractivity contribution is 0.365. The topological polar surface area (TPSA) is 47.7 Å². The maximum atomic E-state index is 4.42. The molecule has 2 heterocycles. The summed E-state index contributed by atoms with van der Waals surface area (Å²) in [7, 11) is 0. The van der Waals surface area contributed by atoms with Crippen molar-refractivity contribution in [3.05, 3.63) is 66.7 Å². The van der Waals surface area contributed by atoms with Crippen LogP contribution in [0.2, 0.25) is 0 Å².